The maximum absolute atomic E-state index is 12.9. The molecule has 9 heteroatoms. The van der Waals surface area contributed by atoms with Crippen LogP contribution in [0.3, 0.4) is 0 Å². The molecule has 1 saturated heterocycles. The van der Waals surface area contributed by atoms with E-state index in [1.165, 1.54) is 0 Å². The van der Waals surface area contributed by atoms with Crippen LogP contribution in [-0.4, -0.2) is 42.3 Å². The van der Waals surface area contributed by atoms with Crippen LogP contribution in [0.4, 0.5) is 4.79 Å². The van der Waals surface area contributed by atoms with Crippen LogP contribution in [0.15, 0.2) is 76.1 Å². The first-order valence-corrected chi connectivity index (χ1v) is 12.6. The normalized spacial score (nSPS) is 14.3. The number of rotatable bonds is 8. The fraction of sp³-hybridized carbons (Fsp3) is 0.148. The van der Waals surface area contributed by atoms with Crippen molar-refractivity contribution in [2.75, 3.05) is 20.3 Å². The summed E-state index contributed by atoms with van der Waals surface area (Å²) in [6, 6.07) is 19.1. The van der Waals surface area contributed by atoms with Crippen molar-refractivity contribution in [1.29, 1.82) is 0 Å². The van der Waals surface area contributed by atoms with E-state index in [0.717, 1.165) is 26.7 Å². The van der Waals surface area contributed by atoms with Gasteiger partial charge in [0.05, 0.1) is 24.1 Å². The second-order valence-corrected chi connectivity index (χ2v) is 9.70. The topological polar surface area (TPSA) is 82.1 Å². The van der Waals surface area contributed by atoms with E-state index in [-0.39, 0.29) is 29.0 Å². The molecule has 184 valence electrons. The Morgan fingerprint density at radius 3 is 2.39 bits per heavy atom. The van der Waals surface area contributed by atoms with Crippen LogP contribution in [-0.2, 0) is 4.79 Å². The third kappa shape index (κ3) is 6.16. The zero-order valence-corrected chi connectivity index (χ0v) is 21.9. The Morgan fingerprint density at radius 2 is 1.69 bits per heavy atom. The number of benzene rings is 3. The number of carbonyl (C=O) groups excluding carboxylic acids is 3. The predicted octanol–water partition coefficient (Wildman–Crippen LogP) is 6.10. The molecule has 0 saturated carbocycles. The van der Waals surface area contributed by atoms with Crippen molar-refractivity contribution in [2.24, 2.45) is 0 Å². The minimum atomic E-state index is -0.559. The summed E-state index contributed by atoms with van der Waals surface area (Å²) in [5.41, 5.74) is 1.94. The van der Waals surface area contributed by atoms with Crippen LogP contribution in [0.2, 0.25) is 0 Å². The number of thioether (sulfide) groups is 1. The first-order valence-electron chi connectivity index (χ1n) is 10.9. The Balaban J connectivity index is 1.47. The highest BCUT2D eigenvalue weighted by atomic mass is 79.9. The molecular weight excluding hydrogens is 546 g/mol. The van der Waals surface area contributed by atoms with Gasteiger partial charge in [-0.25, -0.2) is 4.79 Å². The predicted molar refractivity (Wildman–Crippen MR) is 141 cm³/mol. The molecule has 2 amide bonds. The van der Waals surface area contributed by atoms with Gasteiger partial charge in [-0.05, 0) is 79.4 Å². The summed E-state index contributed by atoms with van der Waals surface area (Å²) >= 11 is 4.24. The first-order chi connectivity index (χ1) is 17.3. The molecule has 1 heterocycles. The summed E-state index contributed by atoms with van der Waals surface area (Å²) in [4.78, 5) is 39.5. The number of esters is 1. The first kappa shape index (κ1) is 25.5. The van der Waals surface area contributed by atoms with Gasteiger partial charge in [-0.15, -0.1) is 0 Å². The number of ether oxygens (including phenoxy) is 3. The molecule has 0 aliphatic carbocycles. The molecule has 0 N–H and O–H groups in total. The van der Waals surface area contributed by atoms with Gasteiger partial charge in [0.15, 0.2) is 0 Å². The molecule has 0 aromatic heterocycles. The number of hydrogen-bond acceptors (Lipinski definition) is 7. The maximum Gasteiger partial charge on any atom is 0.343 e. The highest BCUT2D eigenvalue weighted by Gasteiger charge is 2.35. The summed E-state index contributed by atoms with van der Waals surface area (Å²) in [5.74, 6) is 0.561. The Bertz CT molecular complexity index is 1320. The number of halogens is 1. The number of amides is 2. The molecule has 36 heavy (non-hydrogen) atoms. The van der Waals surface area contributed by atoms with Crippen molar-refractivity contribution in [3.63, 3.8) is 0 Å². The van der Waals surface area contributed by atoms with E-state index in [4.69, 9.17) is 14.2 Å². The van der Waals surface area contributed by atoms with Crippen molar-refractivity contribution in [2.45, 2.75) is 6.92 Å². The van der Waals surface area contributed by atoms with Crippen LogP contribution in [0.5, 0.6) is 17.2 Å². The minimum Gasteiger partial charge on any atom is -0.497 e. The Kier molecular flexibility index (Phi) is 8.12. The molecule has 4 rings (SSSR count). The average Bonchev–Trinajstić information content (AvgIpc) is 3.14. The average molecular weight is 568 g/mol. The number of carbonyl (C=O) groups is 3. The third-order valence-corrected chi connectivity index (χ3v) is 6.67. The SMILES string of the molecule is COc1ccc(C(=O)Oc2ccc(Br)cc2/C=C2\SC(=O)N(CCOc3ccc(C)cc3)C2=O)cc1. The molecule has 0 spiro atoms. The molecule has 1 fully saturated rings. The van der Waals surface area contributed by atoms with Crippen LogP contribution < -0.4 is 14.2 Å². The summed E-state index contributed by atoms with van der Waals surface area (Å²) in [6.07, 6.45) is 1.55. The smallest absolute Gasteiger partial charge is 0.343 e. The number of nitrogens with zero attached hydrogens (tertiary/aromatic N) is 1. The van der Waals surface area contributed by atoms with Crippen LogP contribution in [0, 0.1) is 6.92 Å². The number of hydrogen-bond donors (Lipinski definition) is 0. The van der Waals surface area contributed by atoms with Gasteiger partial charge in [-0.2, -0.15) is 0 Å². The quantitative estimate of drug-likeness (QED) is 0.185. The van der Waals surface area contributed by atoms with Crippen LogP contribution in [0.1, 0.15) is 21.5 Å². The standard InChI is InChI=1S/C27H22BrNO6S/c1-17-3-8-22(9-4-17)34-14-13-29-25(30)24(36-27(29)32)16-19-15-20(28)7-12-23(19)35-26(31)18-5-10-21(33-2)11-6-18/h3-12,15-16H,13-14H2,1-2H3/b24-16-. The van der Waals surface area contributed by atoms with E-state index in [0.29, 0.717) is 22.6 Å². The third-order valence-electron chi connectivity index (χ3n) is 5.27. The Labute approximate surface area is 221 Å². The summed E-state index contributed by atoms with van der Waals surface area (Å²) in [6.45, 7) is 2.27. The molecule has 1 aliphatic rings. The fourth-order valence-electron chi connectivity index (χ4n) is 3.33. The van der Waals surface area contributed by atoms with E-state index in [2.05, 4.69) is 15.9 Å². The van der Waals surface area contributed by atoms with Crippen LogP contribution >= 0.6 is 27.7 Å². The van der Waals surface area contributed by atoms with Crippen molar-refractivity contribution in [1.82, 2.24) is 4.90 Å². The van der Waals surface area contributed by atoms with Gasteiger partial charge >= 0.3 is 5.97 Å². The van der Waals surface area contributed by atoms with E-state index < -0.39 is 11.9 Å². The maximum atomic E-state index is 12.9. The molecule has 0 bridgehead atoms. The van der Waals surface area contributed by atoms with Gasteiger partial charge in [0, 0.05) is 10.0 Å². The Hall–Kier alpha value is -3.56. The van der Waals surface area contributed by atoms with E-state index in [1.54, 1.807) is 55.7 Å². The van der Waals surface area contributed by atoms with Crippen LogP contribution in [0.25, 0.3) is 6.08 Å². The van der Waals surface area contributed by atoms with Crippen molar-refractivity contribution in [3.8, 4) is 17.2 Å². The zero-order valence-electron chi connectivity index (χ0n) is 19.5. The van der Waals surface area contributed by atoms with Gasteiger partial charge < -0.3 is 14.2 Å². The summed E-state index contributed by atoms with van der Waals surface area (Å²) in [5, 5.41) is -0.384. The molecule has 3 aromatic carbocycles. The van der Waals surface area contributed by atoms with Crippen molar-refractivity contribution < 1.29 is 28.6 Å². The number of imide groups is 1. The number of aryl methyl sites for hydroxylation is 1. The lowest BCUT2D eigenvalue weighted by molar-refractivity contribution is -0.123. The molecule has 7 nitrogen and oxygen atoms in total. The van der Waals surface area contributed by atoms with E-state index >= 15 is 0 Å². The molecule has 1 aliphatic heterocycles. The zero-order chi connectivity index (χ0) is 25.7. The molecule has 0 radical (unpaired) electrons. The summed E-state index contributed by atoms with van der Waals surface area (Å²) < 4.78 is 17.1. The lowest BCUT2D eigenvalue weighted by Crippen LogP contribution is -2.32. The molecule has 0 unspecified atom stereocenters. The second-order valence-electron chi connectivity index (χ2n) is 7.80. The minimum absolute atomic E-state index is 0.119. The second kappa shape index (κ2) is 11.5. The highest BCUT2D eigenvalue weighted by molar-refractivity contribution is 9.10. The molecule has 0 atom stereocenters. The van der Waals surface area contributed by atoms with E-state index in [1.807, 2.05) is 31.2 Å². The van der Waals surface area contributed by atoms with Crippen molar-refractivity contribution >= 4 is 50.9 Å². The van der Waals surface area contributed by atoms with Gasteiger partial charge in [-0.3, -0.25) is 14.5 Å². The van der Waals surface area contributed by atoms with Gasteiger partial charge in [-0.1, -0.05) is 33.6 Å². The molecule has 3 aromatic rings. The van der Waals surface area contributed by atoms with Gasteiger partial charge in [0.2, 0.25) is 0 Å². The lowest BCUT2D eigenvalue weighted by Gasteiger charge is -2.13. The van der Waals surface area contributed by atoms with Gasteiger partial charge in [0.25, 0.3) is 11.1 Å². The largest absolute Gasteiger partial charge is 0.497 e. The highest BCUT2D eigenvalue weighted by Crippen LogP contribution is 2.35. The monoisotopic (exact) mass is 567 g/mol. The fourth-order valence-corrected chi connectivity index (χ4v) is 4.57. The van der Waals surface area contributed by atoms with Gasteiger partial charge in [0.1, 0.15) is 23.9 Å². The van der Waals surface area contributed by atoms with Crippen molar-refractivity contribution in [3.05, 3.63) is 92.8 Å². The lowest BCUT2D eigenvalue weighted by atomic mass is 10.1. The number of methoxy groups -OCH3 is 1. The molecular formula is C27H22BrNO6S. The van der Waals surface area contributed by atoms with E-state index in [9.17, 15) is 14.4 Å². The summed E-state index contributed by atoms with van der Waals surface area (Å²) in [7, 11) is 1.54. The Morgan fingerprint density at radius 1 is 1.00 bits per heavy atom.